The second kappa shape index (κ2) is 20.5. The third kappa shape index (κ3) is 10.5. The van der Waals surface area contributed by atoms with Gasteiger partial charge < -0.3 is 66.3 Å². The molecular formula is C44H72O16. The Morgan fingerprint density at radius 3 is 1.13 bits per heavy atom. The lowest BCUT2D eigenvalue weighted by Gasteiger charge is -2.46. The van der Waals surface area contributed by atoms with E-state index in [2.05, 4.69) is 13.8 Å². The minimum Gasteiger partial charge on any atom is -0.462 e. The Morgan fingerprint density at radius 2 is 0.817 bits per heavy atom. The average Bonchev–Trinajstić information content (AvgIpc) is 4.16. The van der Waals surface area contributed by atoms with Crippen LogP contribution in [0.4, 0.5) is 0 Å². The van der Waals surface area contributed by atoms with E-state index in [0.717, 1.165) is 12.8 Å². The Labute approximate surface area is 355 Å². The molecule has 16 nitrogen and oxygen atoms in total. The Kier molecular flexibility index (Phi) is 15.9. The normalized spacial score (nSPS) is 49.1. The SMILES string of the molecule is CO[C@@H]1[C@@H](OC)[C@H](O[C@H]2C[C@H]3C[C@@H]([C@@H]4C[C@H]4C)OC(=O)C[C@@H]4O[C@@H](C[C@H](O[C@@H]5OC[C@@H](OC)[C@H](OC)[C@H]5OC)[C@H]4C)C[C@@H]([C@@H]4C[C@H]4C)OC(=O)C[C@H](O3)[C@@H]2C)OC[C@H]1OC. The van der Waals surface area contributed by atoms with Crippen LogP contribution < -0.4 is 0 Å². The van der Waals surface area contributed by atoms with Crippen LogP contribution in [0, 0.1) is 35.5 Å². The number of hydrogen-bond donors (Lipinski definition) is 0. The van der Waals surface area contributed by atoms with Gasteiger partial charge in [-0.05, 0) is 36.5 Å². The van der Waals surface area contributed by atoms with E-state index in [1.807, 2.05) is 13.8 Å². The van der Waals surface area contributed by atoms with Crippen molar-refractivity contribution in [1.29, 1.82) is 0 Å². The first-order valence-corrected chi connectivity index (χ1v) is 22.3. The van der Waals surface area contributed by atoms with Crippen LogP contribution in [0.15, 0.2) is 0 Å². The van der Waals surface area contributed by atoms with Gasteiger partial charge in [-0.2, -0.15) is 0 Å². The van der Waals surface area contributed by atoms with Gasteiger partial charge in [0, 0.05) is 80.2 Å². The van der Waals surface area contributed by atoms with E-state index in [-0.39, 0.29) is 110 Å². The summed E-state index contributed by atoms with van der Waals surface area (Å²) in [6, 6.07) is 0. The molecule has 16 heteroatoms. The molecule has 7 rings (SSSR count). The maximum atomic E-state index is 14.1. The molecule has 4 bridgehead atoms. The molecule has 0 amide bonds. The van der Waals surface area contributed by atoms with Crippen molar-refractivity contribution in [2.24, 2.45) is 35.5 Å². The lowest BCUT2D eigenvalue weighted by molar-refractivity contribution is -0.309. The quantitative estimate of drug-likeness (QED) is 0.260. The zero-order valence-corrected chi connectivity index (χ0v) is 37.3. The van der Waals surface area contributed by atoms with E-state index in [1.54, 1.807) is 42.7 Å². The van der Waals surface area contributed by atoms with Gasteiger partial charge in [0.1, 0.15) is 48.8 Å². The topological polar surface area (TPSA) is 163 Å². The molecule has 7 aliphatic rings. The number of ether oxygens (including phenoxy) is 14. The highest BCUT2D eigenvalue weighted by Crippen LogP contribution is 2.47. The van der Waals surface area contributed by atoms with E-state index in [0.29, 0.717) is 37.5 Å². The van der Waals surface area contributed by atoms with Crippen LogP contribution in [-0.2, 0) is 75.9 Å². The zero-order chi connectivity index (χ0) is 42.8. The summed E-state index contributed by atoms with van der Waals surface area (Å²) in [6.45, 7) is 8.99. The number of cyclic esters (lactones) is 2. The molecule has 7 fully saturated rings. The monoisotopic (exact) mass is 856 g/mol. The lowest BCUT2D eigenvalue weighted by atomic mass is 9.85. The predicted molar refractivity (Wildman–Crippen MR) is 212 cm³/mol. The molecule has 344 valence electrons. The van der Waals surface area contributed by atoms with Crippen LogP contribution in [0.25, 0.3) is 0 Å². The Bertz CT molecular complexity index is 1300. The summed E-state index contributed by atoms with van der Waals surface area (Å²) >= 11 is 0. The Morgan fingerprint density at radius 1 is 0.450 bits per heavy atom. The average molecular weight is 857 g/mol. The second-order valence-electron chi connectivity index (χ2n) is 18.6. The zero-order valence-electron chi connectivity index (χ0n) is 37.3. The fourth-order valence-electron chi connectivity index (χ4n) is 10.6. The Balaban J connectivity index is 1.13. The van der Waals surface area contributed by atoms with Gasteiger partial charge in [0.05, 0.1) is 62.7 Å². The number of esters is 2. The van der Waals surface area contributed by atoms with Crippen molar-refractivity contribution in [2.75, 3.05) is 55.9 Å². The molecule has 0 aromatic carbocycles. The smallest absolute Gasteiger partial charge is 0.308 e. The number of carbonyl (C=O) groups excluding carboxylic acids is 2. The molecule has 0 spiro atoms. The molecule has 60 heavy (non-hydrogen) atoms. The molecule has 22 atom stereocenters. The van der Waals surface area contributed by atoms with Crippen molar-refractivity contribution in [3.05, 3.63) is 0 Å². The standard InChI is InChI=1S/C44H72O16/c1-21-11-27(21)33-15-25-13-29(59-43-41(51-9)39(49-7)35(47-5)19-53-43)23(3)32(55-25)18-38(46)58-34(28-12-22(28)2)16-26-14-30(24(4)31(56-26)17-37(45)57-33)60-44-42(52-10)40(50-8)36(48-6)20-54-44/h21-36,39-44H,11-20H2,1-10H3/t21-,22-,23-,24-,25+,26+,27-,28-,29+,30+,31+,32+,33+,34+,35-,36-,39+,40+,41-,42-,43+,44+/m1/s1. The number of carbonyl (C=O) groups is 2. The summed E-state index contributed by atoms with van der Waals surface area (Å²) in [5.41, 5.74) is 0. The maximum absolute atomic E-state index is 14.1. The predicted octanol–water partition coefficient (Wildman–Crippen LogP) is 3.86. The molecule has 5 aliphatic heterocycles. The van der Waals surface area contributed by atoms with Crippen molar-refractivity contribution < 1.29 is 75.9 Å². The van der Waals surface area contributed by atoms with Gasteiger partial charge in [0.2, 0.25) is 0 Å². The van der Waals surface area contributed by atoms with Crippen molar-refractivity contribution in [3.63, 3.8) is 0 Å². The molecule has 5 saturated heterocycles. The summed E-state index contributed by atoms with van der Waals surface area (Å²) in [4.78, 5) is 28.2. The van der Waals surface area contributed by atoms with E-state index in [1.165, 1.54) is 0 Å². The molecule has 0 N–H and O–H groups in total. The van der Waals surface area contributed by atoms with Gasteiger partial charge >= 0.3 is 11.9 Å². The largest absolute Gasteiger partial charge is 0.462 e. The highest BCUT2D eigenvalue weighted by molar-refractivity contribution is 5.71. The van der Waals surface area contributed by atoms with E-state index >= 15 is 0 Å². The molecule has 5 heterocycles. The van der Waals surface area contributed by atoms with Gasteiger partial charge in [0.15, 0.2) is 12.6 Å². The molecule has 0 unspecified atom stereocenters. The minimum absolute atomic E-state index is 0.0442. The van der Waals surface area contributed by atoms with Crippen molar-refractivity contribution in [1.82, 2.24) is 0 Å². The van der Waals surface area contributed by atoms with Crippen LogP contribution in [0.3, 0.4) is 0 Å². The summed E-state index contributed by atoms with van der Waals surface area (Å²) in [5.74, 6) is 0.143. The van der Waals surface area contributed by atoms with E-state index in [4.69, 9.17) is 66.3 Å². The molecular weight excluding hydrogens is 784 g/mol. The summed E-state index contributed by atoms with van der Waals surface area (Å²) in [5, 5.41) is 0. The summed E-state index contributed by atoms with van der Waals surface area (Å²) in [7, 11) is 9.70. The molecule has 0 aromatic rings. The fourth-order valence-corrected chi connectivity index (χ4v) is 10.6. The second-order valence-corrected chi connectivity index (χ2v) is 18.6. The molecule has 0 radical (unpaired) electrons. The summed E-state index contributed by atoms with van der Waals surface area (Å²) < 4.78 is 86.9. The Hall–Kier alpha value is -1.54. The van der Waals surface area contributed by atoms with Gasteiger partial charge in [-0.15, -0.1) is 0 Å². The van der Waals surface area contributed by atoms with Gasteiger partial charge in [0.25, 0.3) is 0 Å². The number of fused-ring (bicyclic) bond motifs is 4. The third-order valence-corrected chi connectivity index (χ3v) is 14.7. The van der Waals surface area contributed by atoms with Crippen molar-refractivity contribution in [2.45, 2.75) is 177 Å². The van der Waals surface area contributed by atoms with Crippen molar-refractivity contribution >= 4 is 11.9 Å². The van der Waals surface area contributed by atoms with Crippen LogP contribution in [0.2, 0.25) is 0 Å². The highest BCUT2D eigenvalue weighted by Gasteiger charge is 2.52. The fraction of sp³-hybridized carbons (Fsp3) is 0.955. The van der Waals surface area contributed by atoms with Crippen molar-refractivity contribution in [3.8, 4) is 0 Å². The van der Waals surface area contributed by atoms with E-state index < -0.39 is 49.2 Å². The van der Waals surface area contributed by atoms with Crippen LogP contribution in [0.1, 0.15) is 79.1 Å². The number of methoxy groups -OCH3 is 6. The van der Waals surface area contributed by atoms with Crippen LogP contribution in [0.5, 0.6) is 0 Å². The maximum Gasteiger partial charge on any atom is 0.308 e. The van der Waals surface area contributed by atoms with E-state index in [9.17, 15) is 9.59 Å². The highest BCUT2D eigenvalue weighted by atomic mass is 16.7. The van der Waals surface area contributed by atoms with Gasteiger partial charge in [-0.3, -0.25) is 9.59 Å². The number of hydrogen-bond acceptors (Lipinski definition) is 16. The molecule has 0 aromatic heterocycles. The molecule has 2 saturated carbocycles. The van der Waals surface area contributed by atoms with Gasteiger partial charge in [-0.1, -0.05) is 27.7 Å². The van der Waals surface area contributed by atoms with Gasteiger partial charge in [-0.25, -0.2) is 0 Å². The first-order chi connectivity index (χ1) is 28.9. The summed E-state index contributed by atoms with van der Waals surface area (Å²) in [6.07, 6.45) is -3.31. The van der Waals surface area contributed by atoms with Crippen LogP contribution in [-0.4, -0.2) is 166 Å². The molecule has 2 aliphatic carbocycles. The van der Waals surface area contributed by atoms with Crippen LogP contribution >= 0.6 is 0 Å². The lowest BCUT2D eigenvalue weighted by Crippen LogP contribution is -2.58. The minimum atomic E-state index is -0.733. The first kappa shape index (κ1) is 46.5. The third-order valence-electron chi connectivity index (χ3n) is 14.7. The first-order valence-electron chi connectivity index (χ1n) is 22.3. The number of rotatable bonds is 12.